The second kappa shape index (κ2) is 5.72. The minimum atomic E-state index is -0.197. The van der Waals surface area contributed by atoms with E-state index in [4.69, 9.17) is 5.73 Å². The van der Waals surface area contributed by atoms with E-state index < -0.39 is 0 Å². The van der Waals surface area contributed by atoms with Crippen LogP contribution in [0.25, 0.3) is 0 Å². The Kier molecular flexibility index (Phi) is 7.24. The van der Waals surface area contributed by atoms with Crippen LogP contribution in [-0.4, -0.2) is 18.1 Å². The van der Waals surface area contributed by atoms with Gasteiger partial charge in [-0.05, 0) is 6.92 Å². The first-order valence-electron chi connectivity index (χ1n) is 2.38. The maximum absolute atomic E-state index is 10.3. The molecule has 0 spiro atoms. The first kappa shape index (κ1) is 11.4. The van der Waals surface area contributed by atoms with E-state index in [1.54, 1.807) is 0 Å². The van der Waals surface area contributed by atoms with E-state index in [1.165, 1.54) is 6.92 Å². The molecule has 0 aliphatic carbocycles. The summed E-state index contributed by atoms with van der Waals surface area (Å²) >= 11 is 0. The van der Waals surface area contributed by atoms with Crippen molar-refractivity contribution in [1.29, 1.82) is 0 Å². The maximum atomic E-state index is 10.3. The molecule has 0 amide bonds. The van der Waals surface area contributed by atoms with Crippen molar-refractivity contribution < 1.29 is 9.59 Å². The van der Waals surface area contributed by atoms with Gasteiger partial charge in [0.2, 0.25) is 0 Å². The Hall–Kier alpha value is -0.410. The third-order valence-corrected chi connectivity index (χ3v) is 0.674. The number of ketones is 2. The topological polar surface area (TPSA) is 60.2 Å². The lowest BCUT2D eigenvalue weighted by molar-refractivity contribution is -0.125. The highest BCUT2D eigenvalue weighted by atomic mass is 35.5. The molecule has 9 heavy (non-hydrogen) atoms. The summed E-state index contributed by atoms with van der Waals surface area (Å²) in [5.41, 5.74) is 4.92. The molecule has 54 valence electrons. The van der Waals surface area contributed by atoms with Crippen LogP contribution in [0.2, 0.25) is 0 Å². The van der Waals surface area contributed by atoms with Gasteiger partial charge in [-0.3, -0.25) is 9.59 Å². The van der Waals surface area contributed by atoms with Crippen LogP contribution >= 0.6 is 12.4 Å². The molecule has 0 aromatic carbocycles. The van der Waals surface area contributed by atoms with E-state index in [-0.39, 0.29) is 36.9 Å². The van der Waals surface area contributed by atoms with Crippen molar-refractivity contribution >= 4 is 24.0 Å². The molecule has 3 nitrogen and oxygen atoms in total. The van der Waals surface area contributed by atoms with E-state index in [0.717, 1.165) is 0 Å². The molecule has 0 saturated carbocycles. The summed E-state index contributed by atoms with van der Waals surface area (Å²) in [7, 11) is 0. The van der Waals surface area contributed by atoms with Crippen molar-refractivity contribution in [1.82, 2.24) is 0 Å². The third-order valence-electron chi connectivity index (χ3n) is 0.674. The summed E-state index contributed by atoms with van der Waals surface area (Å²) in [6, 6.07) is 0. The standard InChI is InChI=1S/C5H9NO2.ClH/c1-4(7)2-5(8)3-6;/h2-3,6H2,1H3;1H. The highest BCUT2D eigenvalue weighted by Gasteiger charge is 2.00. The van der Waals surface area contributed by atoms with E-state index in [0.29, 0.717) is 0 Å². The lowest BCUT2D eigenvalue weighted by Gasteiger charge is -1.87. The fourth-order valence-corrected chi connectivity index (χ4v) is 0.350. The molecular formula is C5H10ClNO2. The van der Waals surface area contributed by atoms with Crippen LogP contribution in [0, 0.1) is 0 Å². The van der Waals surface area contributed by atoms with Crippen molar-refractivity contribution in [3.8, 4) is 0 Å². The summed E-state index contributed by atoms with van der Waals surface area (Å²) in [5.74, 6) is -0.321. The van der Waals surface area contributed by atoms with E-state index in [9.17, 15) is 9.59 Å². The SMILES string of the molecule is CC(=O)CC(=O)CN.Cl. The fourth-order valence-electron chi connectivity index (χ4n) is 0.350. The smallest absolute Gasteiger partial charge is 0.153 e. The first-order chi connectivity index (χ1) is 3.66. The van der Waals surface area contributed by atoms with Gasteiger partial charge in [-0.2, -0.15) is 0 Å². The molecule has 0 bridgehead atoms. The summed E-state index contributed by atoms with van der Waals surface area (Å²) < 4.78 is 0. The van der Waals surface area contributed by atoms with Crippen LogP contribution in [0.15, 0.2) is 0 Å². The Labute approximate surface area is 60.0 Å². The van der Waals surface area contributed by atoms with Crippen LogP contribution in [-0.2, 0) is 9.59 Å². The number of hydrogen-bond donors (Lipinski definition) is 1. The molecule has 0 aliphatic heterocycles. The maximum Gasteiger partial charge on any atom is 0.153 e. The van der Waals surface area contributed by atoms with Gasteiger partial charge in [-0.25, -0.2) is 0 Å². The predicted octanol–water partition coefficient (Wildman–Crippen LogP) is -0.0849. The number of nitrogens with two attached hydrogens (primary N) is 1. The number of carbonyl (C=O) groups excluding carboxylic acids is 2. The molecule has 0 rings (SSSR count). The van der Waals surface area contributed by atoms with Gasteiger partial charge >= 0.3 is 0 Å². The Morgan fingerprint density at radius 1 is 1.44 bits per heavy atom. The minimum absolute atomic E-state index is 0. The first-order valence-corrected chi connectivity index (χ1v) is 2.38. The summed E-state index contributed by atoms with van der Waals surface area (Å²) in [6.07, 6.45) is -0.0174. The Morgan fingerprint density at radius 3 is 2.00 bits per heavy atom. The number of hydrogen-bond acceptors (Lipinski definition) is 3. The van der Waals surface area contributed by atoms with E-state index in [2.05, 4.69) is 0 Å². The van der Waals surface area contributed by atoms with Crippen molar-refractivity contribution in [3.63, 3.8) is 0 Å². The van der Waals surface area contributed by atoms with Gasteiger partial charge in [0.25, 0.3) is 0 Å². The highest BCUT2D eigenvalue weighted by molar-refractivity contribution is 5.98. The molecular weight excluding hydrogens is 142 g/mol. The molecule has 0 aromatic heterocycles. The molecule has 4 heteroatoms. The van der Waals surface area contributed by atoms with Crippen molar-refractivity contribution in [3.05, 3.63) is 0 Å². The monoisotopic (exact) mass is 151 g/mol. The van der Waals surface area contributed by atoms with Gasteiger partial charge < -0.3 is 5.73 Å². The zero-order chi connectivity index (χ0) is 6.57. The second-order valence-electron chi connectivity index (χ2n) is 1.62. The van der Waals surface area contributed by atoms with Gasteiger partial charge in [-0.1, -0.05) is 0 Å². The molecule has 0 aromatic rings. The van der Waals surface area contributed by atoms with Crippen LogP contribution in [0.4, 0.5) is 0 Å². The van der Waals surface area contributed by atoms with E-state index >= 15 is 0 Å². The van der Waals surface area contributed by atoms with Gasteiger partial charge in [0.1, 0.15) is 5.78 Å². The number of halogens is 1. The van der Waals surface area contributed by atoms with Crippen LogP contribution in [0.5, 0.6) is 0 Å². The van der Waals surface area contributed by atoms with Gasteiger partial charge in [0.15, 0.2) is 5.78 Å². The van der Waals surface area contributed by atoms with Crippen molar-refractivity contribution in [2.75, 3.05) is 6.54 Å². The molecule has 2 N–H and O–H groups in total. The second-order valence-corrected chi connectivity index (χ2v) is 1.62. The molecule has 0 unspecified atom stereocenters. The lowest BCUT2D eigenvalue weighted by atomic mass is 10.2. The third kappa shape index (κ3) is 7.59. The molecule has 0 heterocycles. The average Bonchev–Trinajstić information content (AvgIpc) is 1.65. The Bertz CT molecular complexity index is 114. The fraction of sp³-hybridized carbons (Fsp3) is 0.600. The number of carbonyl (C=O) groups is 2. The molecule has 0 aliphatic rings. The molecule has 0 atom stereocenters. The summed E-state index contributed by atoms with van der Waals surface area (Å²) in [6.45, 7) is 1.34. The Balaban J connectivity index is 0. The zero-order valence-electron chi connectivity index (χ0n) is 5.22. The van der Waals surface area contributed by atoms with Crippen LogP contribution < -0.4 is 5.73 Å². The summed E-state index contributed by atoms with van der Waals surface area (Å²) in [4.78, 5) is 20.4. The largest absolute Gasteiger partial charge is 0.324 e. The van der Waals surface area contributed by atoms with Gasteiger partial charge in [-0.15, -0.1) is 12.4 Å². The number of rotatable bonds is 3. The van der Waals surface area contributed by atoms with Crippen LogP contribution in [0.3, 0.4) is 0 Å². The van der Waals surface area contributed by atoms with Gasteiger partial charge in [0.05, 0.1) is 13.0 Å². The number of Topliss-reactive ketones (excluding diaryl/α,β-unsaturated/α-hetero) is 2. The van der Waals surface area contributed by atoms with E-state index in [1.807, 2.05) is 0 Å². The van der Waals surface area contributed by atoms with Crippen molar-refractivity contribution in [2.45, 2.75) is 13.3 Å². The zero-order valence-corrected chi connectivity index (χ0v) is 6.03. The molecule has 0 saturated heterocycles. The predicted molar refractivity (Wildman–Crippen MR) is 36.6 cm³/mol. The average molecular weight is 152 g/mol. The lowest BCUT2D eigenvalue weighted by Crippen LogP contribution is -2.15. The molecule has 0 radical (unpaired) electrons. The summed E-state index contributed by atoms with van der Waals surface area (Å²) in [5, 5.41) is 0. The van der Waals surface area contributed by atoms with Crippen LogP contribution in [0.1, 0.15) is 13.3 Å². The quantitative estimate of drug-likeness (QED) is 0.574. The minimum Gasteiger partial charge on any atom is -0.324 e. The van der Waals surface area contributed by atoms with Crippen molar-refractivity contribution in [2.24, 2.45) is 5.73 Å². The van der Waals surface area contributed by atoms with Gasteiger partial charge in [0, 0.05) is 0 Å². The normalized spacial score (nSPS) is 7.78. The molecule has 0 fully saturated rings. The Morgan fingerprint density at radius 2 is 1.89 bits per heavy atom. The highest BCUT2D eigenvalue weighted by Crippen LogP contribution is 1.80.